The minimum absolute atomic E-state index is 0.122. The number of ether oxygens (including phenoxy) is 1. The number of morpholine rings is 1. The van der Waals surface area contributed by atoms with Crippen molar-refractivity contribution in [1.82, 2.24) is 19.9 Å². The molecule has 5 rings (SSSR count). The van der Waals surface area contributed by atoms with Crippen LogP contribution in [-0.4, -0.2) is 63.5 Å². The zero-order chi connectivity index (χ0) is 29.6. The van der Waals surface area contributed by atoms with E-state index in [2.05, 4.69) is 19.9 Å². The van der Waals surface area contributed by atoms with E-state index in [0.29, 0.717) is 29.4 Å². The molecule has 1 unspecified atom stereocenters. The number of nitrogens with zero attached hydrogens (tertiary/aromatic N) is 4. The van der Waals surface area contributed by atoms with Gasteiger partial charge in [-0.05, 0) is 49.4 Å². The van der Waals surface area contributed by atoms with Gasteiger partial charge in [-0.15, -0.1) is 11.3 Å². The van der Waals surface area contributed by atoms with Gasteiger partial charge in [0.25, 0.3) is 0 Å². The van der Waals surface area contributed by atoms with E-state index < -0.39 is 33.3 Å². The van der Waals surface area contributed by atoms with E-state index in [9.17, 15) is 17.4 Å². The average molecular weight is 617 g/mol. The highest BCUT2D eigenvalue weighted by molar-refractivity contribution is 7.86. The molecular formula is C29H31F3N6O2S2. The van der Waals surface area contributed by atoms with Crippen LogP contribution in [0.2, 0.25) is 0 Å². The standard InChI is InChI=1S/C29H31F3N6O2S2/c1-18(2)28-36-25(19-7-8-20(30)24(17-19)37-42(39)27-21(31)5-3-6-22(27)32)26(41-28)23-9-11-34-29(35-23)33-10-4-12-38-13-15-40-16-14-38/h3,5-9,11,17-18,37H,4,10,12-16H2,1-2H3,(H,33,34,35). The van der Waals surface area contributed by atoms with Gasteiger partial charge in [0.1, 0.15) is 22.3 Å². The number of nitrogens with one attached hydrogen (secondary N) is 2. The monoisotopic (exact) mass is 616 g/mol. The van der Waals surface area contributed by atoms with Crippen molar-refractivity contribution in [2.24, 2.45) is 0 Å². The molecule has 2 aromatic heterocycles. The van der Waals surface area contributed by atoms with E-state index in [0.717, 1.165) is 61.3 Å². The summed E-state index contributed by atoms with van der Waals surface area (Å²) in [5.41, 5.74) is 1.56. The van der Waals surface area contributed by atoms with Crippen LogP contribution in [0.1, 0.15) is 31.2 Å². The van der Waals surface area contributed by atoms with Gasteiger partial charge in [-0.25, -0.2) is 32.3 Å². The Morgan fingerprint density at radius 3 is 2.55 bits per heavy atom. The van der Waals surface area contributed by atoms with Crippen LogP contribution >= 0.6 is 11.3 Å². The van der Waals surface area contributed by atoms with Crippen molar-refractivity contribution in [2.75, 3.05) is 49.4 Å². The minimum atomic E-state index is -2.38. The lowest BCUT2D eigenvalue weighted by molar-refractivity contribution is 0.0378. The van der Waals surface area contributed by atoms with Gasteiger partial charge in [0.15, 0.2) is 11.0 Å². The van der Waals surface area contributed by atoms with Crippen LogP contribution < -0.4 is 10.0 Å². The molecule has 4 aromatic rings. The maximum Gasteiger partial charge on any atom is 0.223 e. The van der Waals surface area contributed by atoms with Gasteiger partial charge in [-0.3, -0.25) is 9.62 Å². The molecule has 1 saturated heterocycles. The fraction of sp³-hybridized carbons (Fsp3) is 0.345. The van der Waals surface area contributed by atoms with Crippen molar-refractivity contribution >= 4 is 34.0 Å². The van der Waals surface area contributed by atoms with Crippen LogP contribution in [0.3, 0.4) is 0 Å². The Morgan fingerprint density at radius 1 is 1.05 bits per heavy atom. The van der Waals surface area contributed by atoms with Crippen LogP contribution in [-0.2, 0) is 15.7 Å². The number of benzene rings is 2. The highest BCUT2D eigenvalue weighted by atomic mass is 32.2. The Labute approximate surface area is 249 Å². The number of rotatable bonds is 11. The second kappa shape index (κ2) is 13.7. The van der Waals surface area contributed by atoms with Gasteiger partial charge in [0.05, 0.1) is 40.2 Å². The summed E-state index contributed by atoms with van der Waals surface area (Å²) in [4.78, 5) is 16.4. The molecule has 8 nitrogen and oxygen atoms in total. The predicted octanol–water partition coefficient (Wildman–Crippen LogP) is 6.08. The lowest BCUT2D eigenvalue weighted by Crippen LogP contribution is -2.37. The van der Waals surface area contributed by atoms with Crippen LogP contribution in [0.4, 0.5) is 24.8 Å². The fourth-order valence-corrected chi connectivity index (χ4v) is 6.42. The molecule has 1 aliphatic heterocycles. The SMILES string of the molecule is CC(C)c1nc(-c2ccc(F)c(NS(=O)c3c(F)cccc3F)c2)c(-c2ccnc(NCCCN3CCOCC3)n2)s1. The van der Waals surface area contributed by atoms with Crippen LogP contribution in [0.15, 0.2) is 53.6 Å². The van der Waals surface area contributed by atoms with Crippen molar-refractivity contribution in [3.8, 4) is 21.8 Å². The van der Waals surface area contributed by atoms with E-state index in [-0.39, 0.29) is 11.6 Å². The lowest BCUT2D eigenvalue weighted by Gasteiger charge is -2.26. The molecule has 42 heavy (non-hydrogen) atoms. The Bertz CT molecular complexity index is 1540. The Kier molecular flexibility index (Phi) is 9.83. The fourth-order valence-electron chi connectivity index (χ4n) is 4.41. The summed E-state index contributed by atoms with van der Waals surface area (Å²) in [5, 5.41) is 4.15. The number of aromatic nitrogens is 3. The second-order valence-corrected chi connectivity index (χ2v) is 12.2. The van der Waals surface area contributed by atoms with Crippen LogP contribution in [0.25, 0.3) is 21.8 Å². The Balaban J connectivity index is 1.38. The van der Waals surface area contributed by atoms with Crippen molar-refractivity contribution in [1.29, 1.82) is 0 Å². The molecule has 0 bridgehead atoms. The molecule has 0 radical (unpaired) electrons. The zero-order valence-electron chi connectivity index (χ0n) is 23.2. The summed E-state index contributed by atoms with van der Waals surface area (Å²) in [7, 11) is -2.38. The quantitative estimate of drug-likeness (QED) is 0.198. The first-order valence-corrected chi connectivity index (χ1v) is 15.6. The third kappa shape index (κ3) is 7.14. The summed E-state index contributed by atoms with van der Waals surface area (Å²) in [6.45, 7) is 9.13. The Morgan fingerprint density at radius 2 is 1.81 bits per heavy atom. The molecular weight excluding hydrogens is 585 g/mol. The second-order valence-electron chi connectivity index (χ2n) is 10.0. The van der Waals surface area contributed by atoms with E-state index >= 15 is 0 Å². The number of thiazole rings is 1. The first kappa shape index (κ1) is 30.1. The lowest BCUT2D eigenvalue weighted by atomic mass is 10.1. The molecule has 2 aromatic carbocycles. The van der Waals surface area contributed by atoms with Gasteiger partial charge in [0, 0.05) is 37.3 Å². The largest absolute Gasteiger partial charge is 0.379 e. The maximum absolute atomic E-state index is 14.8. The zero-order valence-corrected chi connectivity index (χ0v) is 24.8. The van der Waals surface area contributed by atoms with E-state index in [1.165, 1.54) is 29.5 Å². The number of hydrogen-bond donors (Lipinski definition) is 2. The molecule has 0 aliphatic carbocycles. The summed E-state index contributed by atoms with van der Waals surface area (Å²) >= 11 is 1.48. The molecule has 13 heteroatoms. The van der Waals surface area contributed by atoms with Crippen LogP contribution in [0, 0.1) is 17.5 Å². The van der Waals surface area contributed by atoms with Gasteiger partial charge in [-0.1, -0.05) is 19.9 Å². The first-order chi connectivity index (χ1) is 20.3. The van der Waals surface area contributed by atoms with Gasteiger partial charge in [0.2, 0.25) is 5.95 Å². The van der Waals surface area contributed by atoms with Gasteiger partial charge >= 0.3 is 0 Å². The molecule has 1 atom stereocenters. The van der Waals surface area contributed by atoms with Crippen molar-refractivity contribution in [2.45, 2.75) is 31.1 Å². The molecule has 222 valence electrons. The van der Waals surface area contributed by atoms with E-state index in [1.54, 1.807) is 18.3 Å². The molecule has 2 N–H and O–H groups in total. The third-order valence-electron chi connectivity index (χ3n) is 6.61. The summed E-state index contributed by atoms with van der Waals surface area (Å²) < 4.78 is 63.8. The van der Waals surface area contributed by atoms with Crippen LogP contribution in [0.5, 0.6) is 0 Å². The van der Waals surface area contributed by atoms with E-state index in [4.69, 9.17) is 14.7 Å². The van der Waals surface area contributed by atoms with Crippen molar-refractivity contribution in [3.63, 3.8) is 0 Å². The first-order valence-electron chi connectivity index (χ1n) is 13.6. The highest BCUT2D eigenvalue weighted by Crippen LogP contribution is 2.39. The molecule has 0 saturated carbocycles. The third-order valence-corrected chi connectivity index (χ3v) is 9.16. The summed E-state index contributed by atoms with van der Waals surface area (Å²) in [6.07, 6.45) is 2.61. The highest BCUT2D eigenvalue weighted by Gasteiger charge is 2.21. The molecule has 1 aliphatic rings. The molecule has 1 fully saturated rings. The molecule has 0 amide bonds. The van der Waals surface area contributed by atoms with E-state index in [1.807, 2.05) is 13.8 Å². The normalized spacial score (nSPS) is 14.7. The summed E-state index contributed by atoms with van der Waals surface area (Å²) in [6, 6.07) is 9.14. The maximum atomic E-state index is 14.8. The van der Waals surface area contributed by atoms with Crippen molar-refractivity contribution in [3.05, 3.63) is 71.1 Å². The topological polar surface area (TPSA) is 92.3 Å². The van der Waals surface area contributed by atoms with Crippen molar-refractivity contribution < 1.29 is 22.1 Å². The summed E-state index contributed by atoms with van der Waals surface area (Å²) in [5.74, 6) is -2.10. The average Bonchev–Trinajstić information content (AvgIpc) is 3.43. The van der Waals surface area contributed by atoms with Gasteiger partial charge in [-0.2, -0.15) is 0 Å². The predicted molar refractivity (Wildman–Crippen MR) is 159 cm³/mol. The number of hydrogen-bond acceptors (Lipinski definition) is 8. The Hall–Kier alpha value is -3.39. The molecule has 3 heterocycles. The number of anilines is 2. The molecule has 0 spiro atoms. The smallest absolute Gasteiger partial charge is 0.223 e. The number of halogens is 3. The van der Waals surface area contributed by atoms with Gasteiger partial charge < -0.3 is 10.1 Å². The minimum Gasteiger partial charge on any atom is -0.379 e.